The highest BCUT2D eigenvalue weighted by atomic mass is 32.2. The number of nitrogens with two attached hydrogens (primary N) is 1. The van der Waals surface area contributed by atoms with Gasteiger partial charge < -0.3 is 10.6 Å². The zero-order chi connectivity index (χ0) is 14.6. The maximum absolute atomic E-state index is 13.6. The number of hydrogen-bond donors (Lipinski definition) is 1. The fourth-order valence-corrected chi connectivity index (χ4v) is 2.81. The summed E-state index contributed by atoms with van der Waals surface area (Å²) in [4.78, 5) is 14.4. The van der Waals surface area contributed by atoms with E-state index in [2.05, 4.69) is 0 Å². The third-order valence-corrected chi connectivity index (χ3v) is 3.74. The Hall–Kier alpha value is -1.23. The number of nitrogen functional groups attached to an aromatic ring is 1. The molecule has 19 heavy (non-hydrogen) atoms. The summed E-state index contributed by atoms with van der Waals surface area (Å²) in [5, 5.41) is 0. The number of benzene rings is 1. The molecule has 0 atom stereocenters. The lowest BCUT2D eigenvalue weighted by Crippen LogP contribution is -2.43. The van der Waals surface area contributed by atoms with E-state index in [9.17, 15) is 9.18 Å². The molecular weight excluding hydrogens is 263 g/mol. The SMILES string of the molecule is CC(C)N(C(=O)CSc1ccc(N)cc1F)C(C)C. The zero-order valence-corrected chi connectivity index (χ0v) is 12.6. The molecule has 0 aliphatic carbocycles. The first kappa shape index (κ1) is 15.8. The molecule has 0 fully saturated rings. The Balaban J connectivity index is 2.67. The topological polar surface area (TPSA) is 46.3 Å². The zero-order valence-electron chi connectivity index (χ0n) is 11.8. The van der Waals surface area contributed by atoms with Crippen LogP contribution in [0.25, 0.3) is 0 Å². The summed E-state index contributed by atoms with van der Waals surface area (Å²) in [6.45, 7) is 7.91. The van der Waals surface area contributed by atoms with Crippen LogP contribution in [0.1, 0.15) is 27.7 Å². The number of rotatable bonds is 5. The molecule has 5 heteroatoms. The summed E-state index contributed by atoms with van der Waals surface area (Å²) in [6.07, 6.45) is 0. The Bertz CT molecular complexity index is 441. The van der Waals surface area contributed by atoms with Crippen molar-refractivity contribution in [2.75, 3.05) is 11.5 Å². The normalized spacial score (nSPS) is 11.1. The van der Waals surface area contributed by atoms with Crippen LogP contribution in [0.5, 0.6) is 0 Å². The van der Waals surface area contributed by atoms with Gasteiger partial charge in [-0.05, 0) is 45.9 Å². The van der Waals surface area contributed by atoms with Gasteiger partial charge in [0.05, 0.1) is 5.75 Å². The summed E-state index contributed by atoms with van der Waals surface area (Å²) in [7, 11) is 0. The summed E-state index contributed by atoms with van der Waals surface area (Å²) in [6, 6.07) is 4.81. The van der Waals surface area contributed by atoms with Gasteiger partial charge in [0.1, 0.15) is 5.82 Å². The van der Waals surface area contributed by atoms with Crippen molar-refractivity contribution >= 4 is 23.4 Å². The van der Waals surface area contributed by atoms with Gasteiger partial charge in [-0.15, -0.1) is 11.8 Å². The van der Waals surface area contributed by atoms with Crippen molar-refractivity contribution in [3.8, 4) is 0 Å². The standard InChI is InChI=1S/C14H21FN2OS/c1-9(2)17(10(3)4)14(18)8-19-13-6-5-11(16)7-12(13)15/h5-7,9-10H,8,16H2,1-4H3. The molecule has 0 radical (unpaired) electrons. The molecule has 3 nitrogen and oxygen atoms in total. The highest BCUT2D eigenvalue weighted by Crippen LogP contribution is 2.24. The molecule has 2 N–H and O–H groups in total. The van der Waals surface area contributed by atoms with E-state index in [0.29, 0.717) is 10.6 Å². The molecule has 0 saturated carbocycles. The molecule has 1 aromatic carbocycles. The molecule has 0 aliphatic rings. The monoisotopic (exact) mass is 284 g/mol. The Kier molecular flexibility index (Phi) is 5.66. The third kappa shape index (κ3) is 4.42. The van der Waals surface area contributed by atoms with Crippen LogP contribution >= 0.6 is 11.8 Å². The van der Waals surface area contributed by atoms with Crippen LogP contribution in [0.15, 0.2) is 23.1 Å². The minimum atomic E-state index is -0.376. The summed E-state index contributed by atoms with van der Waals surface area (Å²) in [5.41, 5.74) is 5.87. The second-order valence-corrected chi connectivity index (χ2v) is 5.98. The maximum atomic E-state index is 13.6. The number of amides is 1. The van der Waals surface area contributed by atoms with Crippen molar-refractivity contribution in [2.45, 2.75) is 44.7 Å². The van der Waals surface area contributed by atoms with Crippen LogP contribution in [0.2, 0.25) is 0 Å². The van der Waals surface area contributed by atoms with Gasteiger partial charge in [0.15, 0.2) is 0 Å². The van der Waals surface area contributed by atoms with Crippen LogP contribution < -0.4 is 5.73 Å². The fraction of sp³-hybridized carbons (Fsp3) is 0.500. The highest BCUT2D eigenvalue weighted by molar-refractivity contribution is 8.00. The molecule has 1 rings (SSSR count). The molecule has 106 valence electrons. The Labute approximate surface area is 118 Å². The van der Waals surface area contributed by atoms with Crippen molar-refractivity contribution in [1.29, 1.82) is 0 Å². The van der Waals surface area contributed by atoms with Gasteiger partial charge in [-0.2, -0.15) is 0 Å². The molecule has 0 saturated heterocycles. The van der Waals surface area contributed by atoms with Crippen molar-refractivity contribution in [2.24, 2.45) is 0 Å². The van der Waals surface area contributed by atoms with E-state index in [1.54, 1.807) is 12.1 Å². The van der Waals surface area contributed by atoms with E-state index < -0.39 is 0 Å². The molecule has 0 aromatic heterocycles. The predicted molar refractivity (Wildman–Crippen MR) is 78.7 cm³/mol. The van der Waals surface area contributed by atoms with Crippen LogP contribution in [0.4, 0.5) is 10.1 Å². The molecule has 0 heterocycles. The molecule has 1 aromatic rings. The second-order valence-electron chi connectivity index (χ2n) is 4.97. The Morgan fingerprint density at radius 2 is 1.89 bits per heavy atom. The lowest BCUT2D eigenvalue weighted by molar-refractivity contribution is -0.131. The van der Waals surface area contributed by atoms with Crippen molar-refractivity contribution in [1.82, 2.24) is 4.90 Å². The molecular formula is C14H21FN2OS. The molecule has 0 unspecified atom stereocenters. The lowest BCUT2D eigenvalue weighted by Gasteiger charge is -2.30. The average Bonchev–Trinajstić information content (AvgIpc) is 2.26. The first-order valence-electron chi connectivity index (χ1n) is 6.32. The molecule has 0 aliphatic heterocycles. The first-order chi connectivity index (χ1) is 8.82. The largest absolute Gasteiger partial charge is 0.399 e. The second kappa shape index (κ2) is 6.80. The smallest absolute Gasteiger partial charge is 0.233 e. The van der Waals surface area contributed by atoms with E-state index in [-0.39, 0.29) is 29.6 Å². The van der Waals surface area contributed by atoms with Gasteiger partial charge >= 0.3 is 0 Å². The summed E-state index contributed by atoms with van der Waals surface area (Å²) in [5.74, 6) is -0.123. The highest BCUT2D eigenvalue weighted by Gasteiger charge is 2.20. The van der Waals surface area contributed by atoms with Gasteiger partial charge in [0.2, 0.25) is 5.91 Å². The minimum Gasteiger partial charge on any atom is -0.399 e. The molecule has 1 amide bonds. The predicted octanol–water partition coefficient (Wildman–Crippen LogP) is 3.15. The number of halogens is 1. The van der Waals surface area contributed by atoms with Crippen molar-refractivity contribution < 1.29 is 9.18 Å². The van der Waals surface area contributed by atoms with E-state index >= 15 is 0 Å². The first-order valence-corrected chi connectivity index (χ1v) is 7.30. The number of nitrogens with zero attached hydrogens (tertiary/aromatic N) is 1. The van der Waals surface area contributed by atoms with E-state index in [1.165, 1.54) is 17.8 Å². The van der Waals surface area contributed by atoms with Crippen LogP contribution in [-0.2, 0) is 4.79 Å². The third-order valence-electron chi connectivity index (χ3n) is 2.71. The van der Waals surface area contributed by atoms with Crippen molar-refractivity contribution in [3.63, 3.8) is 0 Å². The minimum absolute atomic E-state index is 0.0197. The summed E-state index contributed by atoms with van der Waals surface area (Å²) < 4.78 is 13.6. The Morgan fingerprint density at radius 3 is 2.37 bits per heavy atom. The van der Waals surface area contributed by atoms with E-state index in [4.69, 9.17) is 5.73 Å². The number of carbonyl (C=O) groups is 1. The van der Waals surface area contributed by atoms with Crippen molar-refractivity contribution in [3.05, 3.63) is 24.0 Å². The summed E-state index contributed by atoms with van der Waals surface area (Å²) >= 11 is 1.21. The van der Waals surface area contributed by atoms with Gasteiger partial charge in [-0.25, -0.2) is 4.39 Å². The number of anilines is 1. The van der Waals surface area contributed by atoms with E-state index in [1.807, 2.05) is 32.6 Å². The fourth-order valence-electron chi connectivity index (χ4n) is 2.02. The molecule has 0 bridgehead atoms. The maximum Gasteiger partial charge on any atom is 0.233 e. The Morgan fingerprint density at radius 1 is 1.32 bits per heavy atom. The average molecular weight is 284 g/mol. The number of thioether (sulfide) groups is 1. The van der Waals surface area contributed by atoms with E-state index in [0.717, 1.165) is 0 Å². The van der Waals surface area contributed by atoms with Gasteiger partial charge in [0.25, 0.3) is 0 Å². The van der Waals surface area contributed by atoms with Crippen LogP contribution in [0.3, 0.4) is 0 Å². The quantitative estimate of drug-likeness (QED) is 0.667. The number of carbonyl (C=O) groups excluding carboxylic acids is 1. The van der Waals surface area contributed by atoms with Crippen LogP contribution in [-0.4, -0.2) is 28.6 Å². The molecule has 0 spiro atoms. The van der Waals surface area contributed by atoms with Gasteiger partial charge in [-0.3, -0.25) is 4.79 Å². The number of hydrogen-bond acceptors (Lipinski definition) is 3. The lowest BCUT2D eigenvalue weighted by atomic mass is 10.2. The van der Waals surface area contributed by atoms with Crippen LogP contribution in [0, 0.1) is 5.82 Å². The van der Waals surface area contributed by atoms with Gasteiger partial charge in [-0.1, -0.05) is 0 Å². The van der Waals surface area contributed by atoms with Gasteiger partial charge in [0, 0.05) is 22.7 Å².